The molecule has 1 unspecified atom stereocenters. The second kappa shape index (κ2) is 6.36. The van der Waals surface area contributed by atoms with E-state index in [-0.39, 0.29) is 5.60 Å². The standard InChI is InChI=1S/C15H30N2O/c1-4-18-15(2,3)13-16-9-7-11-17-10-6-5-8-14(17)12-16/h14H,4-13H2,1-3H3. The van der Waals surface area contributed by atoms with E-state index in [0.717, 1.165) is 19.2 Å². The van der Waals surface area contributed by atoms with Gasteiger partial charge in [-0.15, -0.1) is 0 Å². The SMILES string of the molecule is CCOC(C)(C)CN1CCCN2CCCCC2C1. The Bertz CT molecular complexity index is 255. The third-order valence-corrected chi connectivity index (χ3v) is 4.28. The summed E-state index contributed by atoms with van der Waals surface area (Å²) in [5, 5.41) is 0. The molecule has 0 amide bonds. The van der Waals surface area contributed by atoms with Crippen LogP contribution < -0.4 is 0 Å². The minimum absolute atomic E-state index is 0.00140. The topological polar surface area (TPSA) is 15.7 Å². The summed E-state index contributed by atoms with van der Waals surface area (Å²) in [6.07, 6.45) is 5.54. The van der Waals surface area contributed by atoms with Crippen LogP contribution in [0.1, 0.15) is 46.5 Å². The largest absolute Gasteiger partial charge is 0.375 e. The van der Waals surface area contributed by atoms with Gasteiger partial charge in [0.05, 0.1) is 5.60 Å². The zero-order chi connectivity index (χ0) is 13.0. The minimum Gasteiger partial charge on any atom is -0.375 e. The molecule has 2 rings (SSSR count). The minimum atomic E-state index is -0.00140. The Labute approximate surface area is 112 Å². The number of hydrogen-bond acceptors (Lipinski definition) is 3. The summed E-state index contributed by atoms with van der Waals surface area (Å²) >= 11 is 0. The van der Waals surface area contributed by atoms with Crippen LogP contribution in [-0.4, -0.2) is 60.8 Å². The van der Waals surface area contributed by atoms with Crippen LogP contribution in [0.5, 0.6) is 0 Å². The van der Waals surface area contributed by atoms with E-state index in [1.165, 1.54) is 51.9 Å². The molecule has 106 valence electrons. The van der Waals surface area contributed by atoms with Crippen molar-refractivity contribution >= 4 is 0 Å². The molecule has 0 aromatic carbocycles. The molecule has 0 aromatic heterocycles. The van der Waals surface area contributed by atoms with Crippen molar-refractivity contribution in [2.45, 2.75) is 58.1 Å². The quantitative estimate of drug-likeness (QED) is 0.766. The van der Waals surface area contributed by atoms with Gasteiger partial charge in [0.15, 0.2) is 0 Å². The first kappa shape index (κ1) is 14.3. The Kier molecular flexibility index (Phi) is 5.05. The lowest BCUT2D eigenvalue weighted by Crippen LogP contribution is -2.47. The molecule has 0 aliphatic carbocycles. The fourth-order valence-corrected chi connectivity index (χ4v) is 3.57. The second-order valence-electron chi connectivity index (χ2n) is 6.47. The Morgan fingerprint density at radius 2 is 1.89 bits per heavy atom. The first-order valence-corrected chi connectivity index (χ1v) is 7.71. The summed E-state index contributed by atoms with van der Waals surface area (Å²) in [6, 6.07) is 0.804. The third-order valence-electron chi connectivity index (χ3n) is 4.28. The summed E-state index contributed by atoms with van der Waals surface area (Å²) in [5.41, 5.74) is -0.00140. The highest BCUT2D eigenvalue weighted by Crippen LogP contribution is 2.22. The Morgan fingerprint density at radius 1 is 1.11 bits per heavy atom. The molecule has 0 aromatic rings. The van der Waals surface area contributed by atoms with Crippen LogP contribution in [0.15, 0.2) is 0 Å². The number of hydrogen-bond donors (Lipinski definition) is 0. The van der Waals surface area contributed by atoms with Gasteiger partial charge in [0.1, 0.15) is 0 Å². The van der Waals surface area contributed by atoms with Crippen LogP contribution in [0.4, 0.5) is 0 Å². The van der Waals surface area contributed by atoms with Crippen molar-refractivity contribution in [3.63, 3.8) is 0 Å². The van der Waals surface area contributed by atoms with Crippen LogP contribution >= 0.6 is 0 Å². The maximum atomic E-state index is 5.85. The van der Waals surface area contributed by atoms with Gasteiger partial charge in [-0.1, -0.05) is 6.42 Å². The predicted octanol–water partition coefficient (Wildman–Crippen LogP) is 2.36. The highest BCUT2D eigenvalue weighted by Gasteiger charge is 2.29. The van der Waals surface area contributed by atoms with Gasteiger partial charge in [-0.2, -0.15) is 0 Å². The Hall–Kier alpha value is -0.120. The molecule has 2 fully saturated rings. The van der Waals surface area contributed by atoms with E-state index in [1.807, 2.05) is 0 Å². The molecule has 0 spiro atoms. The summed E-state index contributed by atoms with van der Waals surface area (Å²) in [4.78, 5) is 5.35. The summed E-state index contributed by atoms with van der Waals surface area (Å²) in [5.74, 6) is 0. The monoisotopic (exact) mass is 254 g/mol. The van der Waals surface area contributed by atoms with E-state index in [1.54, 1.807) is 0 Å². The maximum Gasteiger partial charge on any atom is 0.0752 e. The molecule has 2 aliphatic heterocycles. The number of fused-ring (bicyclic) bond motifs is 1. The fourth-order valence-electron chi connectivity index (χ4n) is 3.57. The number of nitrogens with zero attached hydrogens (tertiary/aromatic N) is 2. The lowest BCUT2D eigenvalue weighted by molar-refractivity contribution is -0.0359. The molecule has 3 heteroatoms. The molecular weight excluding hydrogens is 224 g/mol. The summed E-state index contributed by atoms with van der Waals surface area (Å²) in [7, 11) is 0. The molecule has 2 heterocycles. The fraction of sp³-hybridized carbons (Fsp3) is 1.00. The van der Waals surface area contributed by atoms with Gasteiger partial charge >= 0.3 is 0 Å². The van der Waals surface area contributed by atoms with E-state index in [4.69, 9.17) is 4.74 Å². The van der Waals surface area contributed by atoms with Crippen molar-refractivity contribution in [3.8, 4) is 0 Å². The molecule has 2 saturated heterocycles. The highest BCUT2D eigenvalue weighted by molar-refractivity contribution is 4.85. The van der Waals surface area contributed by atoms with E-state index >= 15 is 0 Å². The number of piperidine rings is 1. The van der Waals surface area contributed by atoms with Crippen molar-refractivity contribution in [3.05, 3.63) is 0 Å². The van der Waals surface area contributed by atoms with E-state index < -0.39 is 0 Å². The highest BCUT2D eigenvalue weighted by atomic mass is 16.5. The first-order valence-electron chi connectivity index (χ1n) is 7.71. The average molecular weight is 254 g/mol. The van der Waals surface area contributed by atoms with Crippen LogP contribution in [0.3, 0.4) is 0 Å². The molecule has 0 bridgehead atoms. The molecule has 3 nitrogen and oxygen atoms in total. The van der Waals surface area contributed by atoms with Gasteiger partial charge in [0, 0.05) is 25.7 Å². The molecule has 18 heavy (non-hydrogen) atoms. The van der Waals surface area contributed by atoms with Crippen molar-refractivity contribution in [1.29, 1.82) is 0 Å². The van der Waals surface area contributed by atoms with Crippen molar-refractivity contribution in [2.75, 3.05) is 39.3 Å². The van der Waals surface area contributed by atoms with Gasteiger partial charge in [-0.05, 0) is 59.7 Å². The van der Waals surface area contributed by atoms with E-state index in [9.17, 15) is 0 Å². The van der Waals surface area contributed by atoms with Gasteiger partial charge in [0.25, 0.3) is 0 Å². The Morgan fingerprint density at radius 3 is 2.67 bits per heavy atom. The lowest BCUT2D eigenvalue weighted by Gasteiger charge is -2.37. The van der Waals surface area contributed by atoms with Gasteiger partial charge < -0.3 is 4.74 Å². The summed E-state index contributed by atoms with van der Waals surface area (Å²) < 4.78 is 5.85. The molecule has 2 aliphatic rings. The second-order valence-corrected chi connectivity index (χ2v) is 6.47. The Balaban J connectivity index is 1.89. The smallest absolute Gasteiger partial charge is 0.0752 e. The van der Waals surface area contributed by atoms with Gasteiger partial charge in [-0.25, -0.2) is 0 Å². The van der Waals surface area contributed by atoms with Crippen molar-refractivity contribution in [1.82, 2.24) is 9.80 Å². The predicted molar refractivity (Wildman–Crippen MR) is 76.0 cm³/mol. The van der Waals surface area contributed by atoms with E-state index in [0.29, 0.717) is 0 Å². The van der Waals surface area contributed by atoms with Crippen LogP contribution in [0.25, 0.3) is 0 Å². The maximum absolute atomic E-state index is 5.85. The molecular formula is C15H30N2O. The van der Waals surface area contributed by atoms with Crippen LogP contribution in [0.2, 0.25) is 0 Å². The average Bonchev–Trinajstić information content (AvgIpc) is 2.49. The third kappa shape index (κ3) is 3.94. The normalized spacial score (nSPS) is 27.8. The molecule has 1 atom stereocenters. The van der Waals surface area contributed by atoms with E-state index in [2.05, 4.69) is 30.6 Å². The van der Waals surface area contributed by atoms with Crippen molar-refractivity contribution < 1.29 is 4.74 Å². The molecule has 0 N–H and O–H groups in total. The van der Waals surface area contributed by atoms with Crippen molar-refractivity contribution in [2.24, 2.45) is 0 Å². The lowest BCUT2D eigenvalue weighted by atomic mass is 10.0. The van der Waals surface area contributed by atoms with Gasteiger partial charge in [-0.3, -0.25) is 9.80 Å². The molecule has 0 saturated carbocycles. The zero-order valence-corrected chi connectivity index (χ0v) is 12.5. The zero-order valence-electron chi connectivity index (χ0n) is 12.5. The van der Waals surface area contributed by atoms with Crippen LogP contribution in [-0.2, 0) is 4.74 Å². The first-order chi connectivity index (χ1) is 8.61. The van der Waals surface area contributed by atoms with Crippen LogP contribution in [0, 0.1) is 0 Å². The van der Waals surface area contributed by atoms with Gasteiger partial charge in [0.2, 0.25) is 0 Å². The molecule has 0 radical (unpaired) electrons. The number of rotatable bonds is 4. The summed E-state index contributed by atoms with van der Waals surface area (Å²) in [6.45, 7) is 13.5. The number of ether oxygens (including phenoxy) is 1.